The number of aliphatic hydroxyl groups is 1. The van der Waals surface area contributed by atoms with Gasteiger partial charge in [-0.1, -0.05) is 13.8 Å². The first-order valence-electron chi connectivity index (χ1n) is 7.59. The van der Waals surface area contributed by atoms with Crippen LogP contribution in [-0.4, -0.2) is 40.8 Å². The number of aromatic nitrogens is 2. The van der Waals surface area contributed by atoms with Gasteiger partial charge in [-0.3, -0.25) is 5.41 Å². The van der Waals surface area contributed by atoms with Crippen molar-refractivity contribution in [3.8, 4) is 0 Å². The summed E-state index contributed by atoms with van der Waals surface area (Å²) in [7, 11) is 1.95. The second-order valence-electron chi connectivity index (χ2n) is 5.82. The Kier molecular flexibility index (Phi) is 4.77. The first-order chi connectivity index (χ1) is 9.97. The molecule has 6 heteroatoms. The minimum Gasteiger partial charge on any atom is -0.393 e. The molecule has 0 spiro atoms. The first kappa shape index (κ1) is 15.7. The molecule has 1 aromatic heterocycles. The van der Waals surface area contributed by atoms with Gasteiger partial charge in [0.25, 0.3) is 0 Å². The monoisotopic (exact) mass is 291 g/mol. The summed E-state index contributed by atoms with van der Waals surface area (Å²) >= 11 is 0. The van der Waals surface area contributed by atoms with Gasteiger partial charge in [0.1, 0.15) is 5.84 Å². The minimum atomic E-state index is -0.157. The Hall–Kier alpha value is -1.69. The lowest BCUT2D eigenvalue weighted by molar-refractivity contribution is 0.0464. The van der Waals surface area contributed by atoms with E-state index in [0.29, 0.717) is 17.3 Å². The number of aryl methyl sites for hydroxylation is 1. The highest BCUT2D eigenvalue weighted by Gasteiger charge is 2.29. The summed E-state index contributed by atoms with van der Waals surface area (Å²) in [4.78, 5) is 2.01. The Morgan fingerprint density at radius 2 is 2.00 bits per heavy atom. The maximum atomic E-state index is 9.39. The number of nitrogen functional groups attached to an aromatic ring is 1. The van der Waals surface area contributed by atoms with Crippen molar-refractivity contribution < 1.29 is 5.11 Å². The molecule has 2 rings (SSSR count). The molecule has 0 radical (unpaired) electrons. The average Bonchev–Trinajstić information content (AvgIpc) is 2.43. The second kappa shape index (κ2) is 6.39. The molecule has 1 aromatic rings. The van der Waals surface area contributed by atoms with Gasteiger partial charge in [-0.25, -0.2) is 0 Å². The van der Waals surface area contributed by atoms with Crippen LogP contribution in [0, 0.1) is 11.3 Å². The van der Waals surface area contributed by atoms with Crippen LogP contribution in [0.1, 0.15) is 43.5 Å². The van der Waals surface area contributed by atoms with Gasteiger partial charge in [-0.15, -0.1) is 5.10 Å². The highest BCUT2D eigenvalue weighted by Crippen LogP contribution is 2.30. The largest absolute Gasteiger partial charge is 0.393 e. The Morgan fingerprint density at radius 3 is 2.48 bits per heavy atom. The number of amidine groups is 1. The SMILES string of the molecule is CCc1nnc(N(C)CC2CC(O)C2)c(C(=N)N)c1CC. The third-order valence-corrected chi connectivity index (χ3v) is 4.20. The number of nitrogens with zero attached hydrogens (tertiary/aromatic N) is 3. The molecule has 0 aliphatic heterocycles. The van der Waals surface area contributed by atoms with Crippen molar-refractivity contribution >= 4 is 11.7 Å². The van der Waals surface area contributed by atoms with Gasteiger partial charge in [-0.05, 0) is 37.2 Å². The van der Waals surface area contributed by atoms with E-state index in [-0.39, 0.29) is 11.9 Å². The molecule has 1 fully saturated rings. The molecule has 1 aliphatic carbocycles. The molecule has 1 saturated carbocycles. The normalized spacial score (nSPS) is 21.0. The molecule has 0 aromatic carbocycles. The van der Waals surface area contributed by atoms with Gasteiger partial charge in [0, 0.05) is 13.6 Å². The van der Waals surface area contributed by atoms with E-state index >= 15 is 0 Å². The molecule has 0 bridgehead atoms. The summed E-state index contributed by atoms with van der Waals surface area (Å²) in [5, 5.41) is 25.9. The third-order valence-electron chi connectivity index (χ3n) is 4.20. The molecule has 4 N–H and O–H groups in total. The van der Waals surface area contributed by atoms with E-state index in [4.69, 9.17) is 11.1 Å². The van der Waals surface area contributed by atoms with Crippen molar-refractivity contribution in [1.82, 2.24) is 10.2 Å². The molecule has 21 heavy (non-hydrogen) atoms. The zero-order valence-electron chi connectivity index (χ0n) is 13.1. The molecular weight excluding hydrogens is 266 g/mol. The van der Waals surface area contributed by atoms with Crippen LogP contribution in [0.15, 0.2) is 0 Å². The molecule has 0 saturated heterocycles. The molecule has 1 aliphatic rings. The fourth-order valence-corrected chi connectivity index (χ4v) is 3.04. The number of nitrogens with two attached hydrogens (primary N) is 1. The standard InChI is InChI=1S/C15H25N5O/c1-4-11-12(5-2)18-19-15(13(11)14(16)17)20(3)8-9-6-10(21)7-9/h9-10,21H,4-8H2,1-3H3,(H3,16,17). The summed E-state index contributed by atoms with van der Waals surface area (Å²) in [6.45, 7) is 4.89. The van der Waals surface area contributed by atoms with Crippen molar-refractivity contribution in [1.29, 1.82) is 5.41 Å². The van der Waals surface area contributed by atoms with Crippen LogP contribution in [-0.2, 0) is 12.8 Å². The topological polar surface area (TPSA) is 99.1 Å². The zero-order chi connectivity index (χ0) is 15.6. The van der Waals surface area contributed by atoms with E-state index in [9.17, 15) is 5.11 Å². The number of nitrogens with one attached hydrogen (secondary N) is 1. The summed E-state index contributed by atoms with van der Waals surface area (Å²) in [5.41, 5.74) is 8.45. The van der Waals surface area contributed by atoms with Crippen molar-refractivity contribution in [2.75, 3.05) is 18.5 Å². The Balaban J connectivity index is 2.31. The Morgan fingerprint density at radius 1 is 1.33 bits per heavy atom. The Labute approximate surface area is 125 Å². The number of aliphatic hydroxyl groups excluding tert-OH is 1. The van der Waals surface area contributed by atoms with Crippen molar-refractivity contribution in [2.45, 2.75) is 45.6 Å². The van der Waals surface area contributed by atoms with Gasteiger partial charge in [-0.2, -0.15) is 5.10 Å². The molecular formula is C15H25N5O. The smallest absolute Gasteiger partial charge is 0.162 e. The molecule has 1 heterocycles. The van der Waals surface area contributed by atoms with Crippen LogP contribution in [0.4, 0.5) is 5.82 Å². The predicted molar refractivity (Wildman–Crippen MR) is 83.8 cm³/mol. The molecule has 6 nitrogen and oxygen atoms in total. The van der Waals surface area contributed by atoms with Crippen LogP contribution in [0.2, 0.25) is 0 Å². The summed E-state index contributed by atoms with van der Waals surface area (Å²) < 4.78 is 0. The molecule has 0 amide bonds. The van der Waals surface area contributed by atoms with Crippen LogP contribution < -0.4 is 10.6 Å². The molecule has 0 unspecified atom stereocenters. The van der Waals surface area contributed by atoms with Crippen molar-refractivity contribution in [2.24, 2.45) is 11.7 Å². The van der Waals surface area contributed by atoms with Gasteiger partial charge in [0.2, 0.25) is 0 Å². The number of anilines is 1. The highest BCUT2D eigenvalue weighted by atomic mass is 16.3. The van der Waals surface area contributed by atoms with Gasteiger partial charge >= 0.3 is 0 Å². The number of rotatable bonds is 6. The summed E-state index contributed by atoms with van der Waals surface area (Å²) in [6, 6.07) is 0. The second-order valence-corrected chi connectivity index (χ2v) is 5.82. The maximum absolute atomic E-state index is 9.39. The quantitative estimate of drug-likeness (QED) is 0.538. The average molecular weight is 291 g/mol. The van der Waals surface area contributed by atoms with Crippen LogP contribution in [0.3, 0.4) is 0 Å². The summed E-state index contributed by atoms with van der Waals surface area (Å²) in [5.74, 6) is 1.20. The molecule has 116 valence electrons. The highest BCUT2D eigenvalue weighted by molar-refractivity contribution is 6.01. The first-order valence-corrected chi connectivity index (χ1v) is 7.59. The van der Waals surface area contributed by atoms with Crippen LogP contribution in [0.5, 0.6) is 0 Å². The fraction of sp³-hybridized carbons (Fsp3) is 0.667. The lowest BCUT2D eigenvalue weighted by Crippen LogP contribution is -2.38. The van der Waals surface area contributed by atoms with Crippen molar-refractivity contribution in [3.63, 3.8) is 0 Å². The number of hydrogen-bond acceptors (Lipinski definition) is 5. The van der Waals surface area contributed by atoms with E-state index in [1.165, 1.54) is 0 Å². The van der Waals surface area contributed by atoms with Gasteiger partial charge in [0.15, 0.2) is 5.82 Å². The zero-order valence-corrected chi connectivity index (χ0v) is 13.1. The predicted octanol–water partition coefficient (Wildman–Crippen LogP) is 1.09. The summed E-state index contributed by atoms with van der Waals surface area (Å²) in [6.07, 6.45) is 3.09. The van der Waals surface area contributed by atoms with E-state index < -0.39 is 0 Å². The maximum Gasteiger partial charge on any atom is 0.162 e. The van der Waals surface area contributed by atoms with E-state index in [0.717, 1.165) is 43.5 Å². The fourth-order valence-electron chi connectivity index (χ4n) is 3.04. The van der Waals surface area contributed by atoms with Crippen LogP contribution in [0.25, 0.3) is 0 Å². The van der Waals surface area contributed by atoms with E-state index in [1.807, 2.05) is 18.9 Å². The Bertz CT molecular complexity index is 525. The minimum absolute atomic E-state index is 0.0481. The molecule has 0 atom stereocenters. The van der Waals surface area contributed by atoms with Crippen LogP contribution >= 0.6 is 0 Å². The van der Waals surface area contributed by atoms with E-state index in [1.54, 1.807) is 0 Å². The lowest BCUT2D eigenvalue weighted by Gasteiger charge is -2.35. The van der Waals surface area contributed by atoms with E-state index in [2.05, 4.69) is 17.1 Å². The lowest BCUT2D eigenvalue weighted by atomic mass is 9.82. The number of hydrogen-bond donors (Lipinski definition) is 3. The van der Waals surface area contributed by atoms with Gasteiger partial charge in [0.05, 0.1) is 17.4 Å². The van der Waals surface area contributed by atoms with Crippen molar-refractivity contribution in [3.05, 3.63) is 16.8 Å². The third kappa shape index (κ3) is 3.15. The van der Waals surface area contributed by atoms with Gasteiger partial charge < -0.3 is 15.7 Å².